The van der Waals surface area contributed by atoms with Crippen LogP contribution in [0.4, 0.5) is 0 Å². The van der Waals surface area contributed by atoms with Crippen LogP contribution in [0.5, 0.6) is 0 Å². The number of aliphatic carboxylic acids is 1. The van der Waals surface area contributed by atoms with Gasteiger partial charge in [0, 0.05) is 28.3 Å². The van der Waals surface area contributed by atoms with E-state index in [9.17, 15) is 14.7 Å². The summed E-state index contributed by atoms with van der Waals surface area (Å²) in [6.45, 7) is 0. The lowest BCUT2D eigenvalue weighted by Gasteiger charge is -2.31. The second-order valence-electron chi connectivity index (χ2n) is 6.92. The van der Waals surface area contributed by atoms with Gasteiger partial charge in [-0.3, -0.25) is 9.36 Å². The highest BCUT2D eigenvalue weighted by Gasteiger charge is 2.50. The Kier molecular flexibility index (Phi) is 3.45. The minimum atomic E-state index is -0.949. The summed E-state index contributed by atoms with van der Waals surface area (Å²) in [7, 11) is 0. The Bertz CT molecular complexity index is 1120. The summed E-state index contributed by atoms with van der Waals surface area (Å²) < 4.78 is 2.94. The largest absolute Gasteiger partial charge is 0.480 e. The molecule has 1 N–H and O–H groups in total. The first-order valence-corrected chi connectivity index (χ1v) is 8.95. The van der Waals surface area contributed by atoms with Crippen LogP contribution in [0.3, 0.4) is 0 Å². The van der Waals surface area contributed by atoms with Crippen LogP contribution in [0.15, 0.2) is 41.5 Å². The Morgan fingerprint density at radius 1 is 1.22 bits per heavy atom. The molecule has 0 unspecified atom stereocenters. The Morgan fingerprint density at radius 2 is 2.07 bits per heavy atom. The van der Waals surface area contributed by atoms with Gasteiger partial charge in [-0.25, -0.2) is 4.79 Å². The molecule has 2 aromatic heterocycles. The lowest BCUT2D eigenvalue weighted by molar-refractivity contribution is -0.143. The topological polar surface area (TPSA) is 103 Å². The van der Waals surface area contributed by atoms with Crippen molar-refractivity contribution in [3.63, 3.8) is 0 Å². The lowest BCUT2D eigenvalue weighted by atomic mass is 9.71. The summed E-state index contributed by atoms with van der Waals surface area (Å²) in [5, 5.41) is 21.4. The zero-order valence-electron chi connectivity index (χ0n) is 14.0. The third kappa shape index (κ3) is 2.33. The molecule has 1 saturated carbocycles. The van der Waals surface area contributed by atoms with Gasteiger partial charge in [0.05, 0.1) is 5.69 Å². The third-order valence-electron chi connectivity index (χ3n) is 5.61. The highest BCUT2D eigenvalue weighted by atomic mass is 35.5. The van der Waals surface area contributed by atoms with Crippen molar-refractivity contribution >= 4 is 17.6 Å². The smallest absolute Gasteiger partial charge is 0.327 e. The molecule has 1 aliphatic carbocycles. The van der Waals surface area contributed by atoms with Crippen molar-refractivity contribution < 1.29 is 9.90 Å². The quantitative estimate of drug-likeness (QED) is 0.744. The fourth-order valence-corrected chi connectivity index (χ4v) is 4.48. The predicted octanol–water partition coefficient (Wildman–Crippen LogP) is 2.28. The van der Waals surface area contributed by atoms with Crippen molar-refractivity contribution in [3.8, 4) is 16.8 Å². The SMILES string of the molecule is O=C(O)[C@@H]1[C@H]2CC[C@H]2c2cc(-c3cc(Cl)ccc3-n3cnnn3)cc(=O)n21. The summed E-state index contributed by atoms with van der Waals surface area (Å²) >= 11 is 6.19. The zero-order chi connectivity index (χ0) is 18.7. The van der Waals surface area contributed by atoms with Crippen molar-refractivity contribution in [2.75, 3.05) is 0 Å². The molecule has 0 bridgehead atoms. The average Bonchev–Trinajstić information content (AvgIpc) is 3.19. The summed E-state index contributed by atoms with van der Waals surface area (Å²) in [5.41, 5.74) is 2.54. The van der Waals surface area contributed by atoms with Crippen LogP contribution in [0.2, 0.25) is 5.02 Å². The standard InChI is InChI=1S/C18H14ClN5O3/c19-10-1-4-14(23-8-20-21-22-23)13(7-10)9-5-15-11-2-3-12(11)17(18(26)27)24(15)16(25)6-9/h1,4-8,11-12,17H,2-3H2,(H,26,27)/t11-,12+,17+/m1/s1. The van der Waals surface area contributed by atoms with Crippen molar-refractivity contribution in [1.82, 2.24) is 24.8 Å². The van der Waals surface area contributed by atoms with E-state index in [4.69, 9.17) is 11.6 Å². The van der Waals surface area contributed by atoms with E-state index in [1.54, 1.807) is 18.2 Å². The van der Waals surface area contributed by atoms with E-state index in [2.05, 4.69) is 15.5 Å². The number of carboxylic acids is 1. The molecule has 1 aromatic carbocycles. The van der Waals surface area contributed by atoms with Crippen molar-refractivity contribution in [2.45, 2.75) is 24.8 Å². The van der Waals surface area contributed by atoms with E-state index in [1.807, 2.05) is 6.07 Å². The molecule has 3 atom stereocenters. The van der Waals surface area contributed by atoms with E-state index in [-0.39, 0.29) is 17.4 Å². The van der Waals surface area contributed by atoms with Crippen molar-refractivity contribution in [1.29, 1.82) is 0 Å². The number of carbonyl (C=O) groups is 1. The number of carboxylic acid groups (broad SMARTS) is 1. The number of nitrogens with zero attached hydrogens (tertiary/aromatic N) is 5. The average molecular weight is 384 g/mol. The molecular formula is C18H14ClN5O3. The predicted molar refractivity (Wildman–Crippen MR) is 96.0 cm³/mol. The molecule has 2 aliphatic rings. The highest BCUT2D eigenvalue weighted by Crippen LogP contribution is 2.54. The molecule has 0 spiro atoms. The number of hydrogen-bond donors (Lipinski definition) is 1. The first-order valence-electron chi connectivity index (χ1n) is 8.57. The molecule has 0 radical (unpaired) electrons. The summed E-state index contributed by atoms with van der Waals surface area (Å²) in [4.78, 5) is 24.6. The normalized spacial score (nSPS) is 22.8. The second-order valence-corrected chi connectivity index (χ2v) is 7.36. The molecule has 9 heteroatoms. The van der Waals surface area contributed by atoms with Gasteiger partial charge < -0.3 is 5.11 Å². The van der Waals surface area contributed by atoms with E-state index in [0.717, 1.165) is 18.5 Å². The fourth-order valence-electron chi connectivity index (χ4n) is 4.31. The Morgan fingerprint density at radius 3 is 2.74 bits per heavy atom. The van der Waals surface area contributed by atoms with Crippen LogP contribution in [0.25, 0.3) is 16.8 Å². The van der Waals surface area contributed by atoms with Crippen LogP contribution in [-0.2, 0) is 4.79 Å². The summed E-state index contributed by atoms with van der Waals surface area (Å²) in [6.07, 6.45) is 3.19. The second kappa shape index (κ2) is 5.75. The van der Waals surface area contributed by atoms with Gasteiger partial charge in [0.1, 0.15) is 12.4 Å². The molecule has 27 heavy (non-hydrogen) atoms. The minimum Gasteiger partial charge on any atom is -0.480 e. The maximum atomic E-state index is 12.8. The lowest BCUT2D eigenvalue weighted by Crippen LogP contribution is -2.32. The number of hydrogen-bond acceptors (Lipinski definition) is 5. The first-order chi connectivity index (χ1) is 13.0. The Hall–Kier alpha value is -3.00. The number of benzene rings is 1. The number of aromatic nitrogens is 5. The molecule has 0 amide bonds. The van der Waals surface area contributed by atoms with Crippen LogP contribution in [-0.4, -0.2) is 35.9 Å². The fraction of sp³-hybridized carbons (Fsp3) is 0.278. The molecule has 0 saturated heterocycles. The van der Waals surface area contributed by atoms with Gasteiger partial charge in [0.15, 0.2) is 0 Å². The van der Waals surface area contributed by atoms with Gasteiger partial charge in [-0.2, -0.15) is 4.68 Å². The minimum absolute atomic E-state index is 0.0104. The van der Waals surface area contributed by atoms with Crippen LogP contribution in [0.1, 0.15) is 30.5 Å². The number of rotatable bonds is 3. The van der Waals surface area contributed by atoms with E-state index in [0.29, 0.717) is 21.8 Å². The maximum absolute atomic E-state index is 12.8. The highest BCUT2D eigenvalue weighted by molar-refractivity contribution is 6.31. The summed E-state index contributed by atoms with van der Waals surface area (Å²) in [5.74, 6) is -0.853. The maximum Gasteiger partial charge on any atom is 0.327 e. The molecule has 136 valence electrons. The Balaban J connectivity index is 1.72. The van der Waals surface area contributed by atoms with Gasteiger partial charge in [0.2, 0.25) is 0 Å². The number of pyridine rings is 1. The van der Waals surface area contributed by atoms with Crippen molar-refractivity contribution in [2.24, 2.45) is 5.92 Å². The Labute approximate surface area is 158 Å². The molecule has 3 aromatic rings. The van der Waals surface area contributed by atoms with Gasteiger partial charge in [0.25, 0.3) is 5.56 Å². The van der Waals surface area contributed by atoms with Crippen LogP contribution in [0, 0.1) is 5.92 Å². The van der Waals surface area contributed by atoms with Gasteiger partial charge >= 0.3 is 5.97 Å². The number of fused-ring (bicyclic) bond motifs is 3. The van der Waals surface area contributed by atoms with Crippen LogP contribution >= 0.6 is 11.6 Å². The van der Waals surface area contributed by atoms with Gasteiger partial charge in [-0.15, -0.1) is 5.10 Å². The molecule has 5 rings (SSSR count). The van der Waals surface area contributed by atoms with Gasteiger partial charge in [-0.05, 0) is 59.0 Å². The molecule has 1 aliphatic heterocycles. The van der Waals surface area contributed by atoms with Crippen LogP contribution < -0.4 is 5.56 Å². The van der Waals surface area contributed by atoms with Crippen molar-refractivity contribution in [3.05, 3.63) is 57.7 Å². The molecule has 1 fully saturated rings. The zero-order valence-corrected chi connectivity index (χ0v) is 14.7. The number of tetrazole rings is 1. The first kappa shape index (κ1) is 16.2. The van der Waals surface area contributed by atoms with E-state index in [1.165, 1.54) is 21.6 Å². The third-order valence-corrected chi connectivity index (χ3v) is 5.84. The summed E-state index contributed by atoms with van der Waals surface area (Å²) in [6, 6.07) is 7.85. The monoisotopic (exact) mass is 383 g/mol. The van der Waals surface area contributed by atoms with E-state index >= 15 is 0 Å². The molecule has 8 nitrogen and oxygen atoms in total. The molecule has 3 heterocycles. The van der Waals surface area contributed by atoms with Gasteiger partial charge in [-0.1, -0.05) is 11.6 Å². The number of halogens is 1. The molecular weight excluding hydrogens is 370 g/mol. The van der Waals surface area contributed by atoms with E-state index < -0.39 is 12.0 Å².